The van der Waals surface area contributed by atoms with Crippen molar-refractivity contribution in [1.82, 2.24) is 15.2 Å². The number of nitrogens with zero attached hydrogens (tertiary/aromatic N) is 2. The predicted octanol–water partition coefficient (Wildman–Crippen LogP) is 1.54. The van der Waals surface area contributed by atoms with Gasteiger partial charge in [0.25, 0.3) is 0 Å². The highest BCUT2D eigenvalue weighted by molar-refractivity contribution is 7.23. The average Bonchev–Trinajstić information content (AvgIpc) is 2.91. The Labute approximate surface area is 99.4 Å². The molecular weight excluding hydrogens is 240 g/mol. The third-order valence-corrected chi connectivity index (χ3v) is 3.42. The third kappa shape index (κ3) is 1.36. The van der Waals surface area contributed by atoms with E-state index in [1.54, 1.807) is 12.3 Å². The van der Waals surface area contributed by atoms with Crippen molar-refractivity contribution in [3.63, 3.8) is 0 Å². The third-order valence-electron chi connectivity index (χ3n) is 2.51. The molecule has 6 nitrogen and oxygen atoms in total. The molecule has 17 heavy (non-hydrogen) atoms. The van der Waals surface area contributed by atoms with Gasteiger partial charge in [0.1, 0.15) is 0 Å². The molecular formula is C10H8N4O2S. The van der Waals surface area contributed by atoms with E-state index < -0.39 is 5.97 Å². The molecule has 3 rings (SSSR count). The van der Waals surface area contributed by atoms with Crippen molar-refractivity contribution in [1.29, 1.82) is 0 Å². The highest BCUT2D eigenvalue weighted by Gasteiger charge is 2.17. The van der Waals surface area contributed by atoms with Gasteiger partial charge >= 0.3 is 5.97 Å². The molecule has 1 aromatic carbocycles. The van der Waals surface area contributed by atoms with Gasteiger partial charge < -0.3 is 10.5 Å². The summed E-state index contributed by atoms with van der Waals surface area (Å²) in [7, 11) is 1.33. The SMILES string of the molecule is COC(=O)c1cc2[nH]ncc2c2sc(N)nc12. The lowest BCUT2D eigenvalue weighted by atomic mass is 10.1. The Morgan fingerprint density at radius 1 is 1.59 bits per heavy atom. The number of nitrogen functional groups attached to an aromatic ring is 1. The minimum atomic E-state index is -0.434. The number of rotatable bonds is 1. The number of anilines is 1. The number of fused-ring (bicyclic) bond motifs is 3. The summed E-state index contributed by atoms with van der Waals surface area (Å²) in [5.74, 6) is -0.434. The monoisotopic (exact) mass is 248 g/mol. The molecule has 0 saturated carbocycles. The maximum Gasteiger partial charge on any atom is 0.340 e. The van der Waals surface area contributed by atoms with Crippen LogP contribution in [0.3, 0.4) is 0 Å². The second kappa shape index (κ2) is 3.42. The summed E-state index contributed by atoms with van der Waals surface area (Å²) in [5.41, 5.74) is 7.41. The molecule has 0 radical (unpaired) electrons. The Morgan fingerprint density at radius 3 is 3.18 bits per heavy atom. The van der Waals surface area contributed by atoms with E-state index in [1.165, 1.54) is 18.4 Å². The van der Waals surface area contributed by atoms with E-state index in [4.69, 9.17) is 10.5 Å². The average molecular weight is 248 g/mol. The Bertz CT molecular complexity index is 730. The van der Waals surface area contributed by atoms with Crippen molar-refractivity contribution in [3.05, 3.63) is 17.8 Å². The molecule has 0 aliphatic rings. The Kier molecular flexibility index (Phi) is 2.02. The van der Waals surface area contributed by atoms with Crippen molar-refractivity contribution in [2.24, 2.45) is 0 Å². The van der Waals surface area contributed by atoms with Gasteiger partial charge in [-0.1, -0.05) is 11.3 Å². The van der Waals surface area contributed by atoms with E-state index in [2.05, 4.69) is 15.2 Å². The molecule has 0 fully saturated rings. The number of benzene rings is 1. The number of hydrogen-bond acceptors (Lipinski definition) is 6. The molecule has 7 heteroatoms. The van der Waals surface area contributed by atoms with Crippen LogP contribution in [-0.4, -0.2) is 28.3 Å². The zero-order valence-corrected chi connectivity index (χ0v) is 9.67. The molecule has 2 aromatic heterocycles. The summed E-state index contributed by atoms with van der Waals surface area (Å²) < 4.78 is 5.57. The van der Waals surface area contributed by atoms with E-state index in [-0.39, 0.29) is 0 Å². The van der Waals surface area contributed by atoms with E-state index in [0.717, 1.165) is 15.6 Å². The summed E-state index contributed by atoms with van der Waals surface area (Å²) in [6.45, 7) is 0. The van der Waals surface area contributed by atoms with Gasteiger partial charge in [-0.05, 0) is 6.07 Å². The number of aromatic amines is 1. The van der Waals surface area contributed by atoms with Gasteiger partial charge in [0.05, 0.1) is 34.6 Å². The fraction of sp³-hybridized carbons (Fsp3) is 0.100. The number of esters is 1. The highest BCUT2D eigenvalue weighted by Crippen LogP contribution is 2.33. The number of hydrogen-bond donors (Lipinski definition) is 2. The first-order chi connectivity index (χ1) is 8.20. The number of carbonyl (C=O) groups is 1. The maximum atomic E-state index is 11.7. The minimum absolute atomic E-state index is 0.396. The topological polar surface area (TPSA) is 93.9 Å². The van der Waals surface area contributed by atoms with Crippen LogP contribution in [0.2, 0.25) is 0 Å². The predicted molar refractivity (Wildman–Crippen MR) is 65.0 cm³/mol. The normalized spacial score (nSPS) is 11.1. The smallest absolute Gasteiger partial charge is 0.340 e. The van der Waals surface area contributed by atoms with Crippen molar-refractivity contribution in [2.45, 2.75) is 0 Å². The van der Waals surface area contributed by atoms with Crippen molar-refractivity contribution in [2.75, 3.05) is 12.8 Å². The van der Waals surface area contributed by atoms with Crippen LogP contribution >= 0.6 is 11.3 Å². The number of aromatic nitrogens is 3. The lowest BCUT2D eigenvalue weighted by Gasteiger charge is -2.00. The van der Waals surface area contributed by atoms with Gasteiger partial charge in [-0.15, -0.1) is 0 Å². The fourth-order valence-corrected chi connectivity index (χ4v) is 2.64. The van der Waals surface area contributed by atoms with Crippen LogP contribution in [0.4, 0.5) is 5.13 Å². The number of nitrogens with one attached hydrogen (secondary N) is 1. The maximum absolute atomic E-state index is 11.7. The van der Waals surface area contributed by atoms with E-state index in [1.807, 2.05) is 0 Å². The van der Waals surface area contributed by atoms with Gasteiger partial charge in [-0.3, -0.25) is 5.10 Å². The Balaban J connectivity index is 2.49. The number of thiazole rings is 1. The lowest BCUT2D eigenvalue weighted by molar-refractivity contribution is 0.0603. The number of carbonyl (C=O) groups excluding carboxylic acids is 1. The summed E-state index contributed by atoms with van der Waals surface area (Å²) in [6, 6.07) is 1.68. The standard InChI is InChI=1S/C10H8N4O2S/c1-16-9(15)4-2-6-5(3-12-14-6)8-7(4)13-10(11)17-8/h2-3H,1H3,(H2,11,13)(H,12,14). The number of methoxy groups -OCH3 is 1. The van der Waals surface area contributed by atoms with E-state index in [9.17, 15) is 4.79 Å². The first-order valence-electron chi connectivity index (χ1n) is 4.81. The van der Waals surface area contributed by atoms with Gasteiger partial charge in [0.15, 0.2) is 5.13 Å². The molecule has 0 aliphatic carbocycles. The quantitative estimate of drug-likeness (QED) is 0.637. The number of nitrogens with two attached hydrogens (primary N) is 1. The number of H-pyrrole nitrogens is 1. The second-order valence-corrected chi connectivity index (χ2v) is 4.51. The van der Waals surface area contributed by atoms with Crippen molar-refractivity contribution in [3.8, 4) is 0 Å². The molecule has 0 unspecified atom stereocenters. The minimum Gasteiger partial charge on any atom is -0.465 e. The second-order valence-electron chi connectivity index (χ2n) is 3.48. The van der Waals surface area contributed by atoms with Crippen LogP contribution < -0.4 is 5.73 Å². The molecule has 86 valence electrons. The first-order valence-corrected chi connectivity index (χ1v) is 5.62. The molecule has 0 spiro atoms. The van der Waals surface area contributed by atoms with Gasteiger partial charge in [0, 0.05) is 5.39 Å². The molecule has 2 heterocycles. The van der Waals surface area contributed by atoms with Crippen LogP contribution in [0.25, 0.3) is 21.1 Å². The molecule has 0 aliphatic heterocycles. The summed E-state index contributed by atoms with van der Waals surface area (Å²) >= 11 is 1.33. The van der Waals surface area contributed by atoms with Crippen LogP contribution in [0, 0.1) is 0 Å². The van der Waals surface area contributed by atoms with Crippen molar-refractivity contribution < 1.29 is 9.53 Å². The van der Waals surface area contributed by atoms with Crippen molar-refractivity contribution >= 4 is 43.6 Å². The van der Waals surface area contributed by atoms with Crippen LogP contribution in [0.15, 0.2) is 12.3 Å². The lowest BCUT2D eigenvalue weighted by Crippen LogP contribution is -2.02. The van der Waals surface area contributed by atoms with Gasteiger partial charge in [-0.25, -0.2) is 9.78 Å². The van der Waals surface area contributed by atoms with Gasteiger partial charge in [-0.2, -0.15) is 5.10 Å². The van der Waals surface area contributed by atoms with E-state index in [0.29, 0.717) is 16.2 Å². The summed E-state index contributed by atoms with van der Waals surface area (Å²) in [5, 5.41) is 8.09. The Morgan fingerprint density at radius 2 is 2.41 bits per heavy atom. The molecule has 0 bridgehead atoms. The number of ether oxygens (including phenoxy) is 1. The first kappa shape index (κ1) is 10.0. The van der Waals surface area contributed by atoms with Crippen LogP contribution in [-0.2, 0) is 4.74 Å². The fourth-order valence-electron chi connectivity index (χ4n) is 1.77. The van der Waals surface area contributed by atoms with Crippen LogP contribution in [0.1, 0.15) is 10.4 Å². The largest absolute Gasteiger partial charge is 0.465 e. The zero-order chi connectivity index (χ0) is 12.0. The van der Waals surface area contributed by atoms with E-state index >= 15 is 0 Å². The van der Waals surface area contributed by atoms with Crippen LogP contribution in [0.5, 0.6) is 0 Å². The molecule has 3 aromatic rings. The summed E-state index contributed by atoms with van der Waals surface area (Å²) in [4.78, 5) is 15.8. The summed E-state index contributed by atoms with van der Waals surface area (Å²) in [6.07, 6.45) is 1.69. The molecule has 0 amide bonds. The molecule has 0 saturated heterocycles. The van der Waals surface area contributed by atoms with Gasteiger partial charge in [0.2, 0.25) is 0 Å². The highest BCUT2D eigenvalue weighted by atomic mass is 32.1. The zero-order valence-electron chi connectivity index (χ0n) is 8.85. The Hall–Kier alpha value is -2.15. The molecule has 0 atom stereocenters. The molecule has 3 N–H and O–H groups in total.